The lowest BCUT2D eigenvalue weighted by Crippen LogP contribution is -2.33. The predicted molar refractivity (Wildman–Crippen MR) is 113 cm³/mol. The minimum absolute atomic E-state index is 0.130. The maximum atomic E-state index is 12.5. The second-order valence-corrected chi connectivity index (χ2v) is 9.88. The van der Waals surface area contributed by atoms with Crippen LogP contribution in [0.2, 0.25) is 0 Å². The molecule has 6 nitrogen and oxygen atoms in total. The summed E-state index contributed by atoms with van der Waals surface area (Å²) in [5, 5.41) is 3.73. The van der Waals surface area contributed by atoms with Gasteiger partial charge in [0.25, 0.3) is 0 Å². The average Bonchev–Trinajstić information content (AvgIpc) is 3.09. The number of nitrogens with one attached hydrogen (secondary N) is 1. The van der Waals surface area contributed by atoms with Gasteiger partial charge in [0.05, 0.1) is 20.1 Å². The number of rotatable bonds is 7. The number of aryl methyl sites for hydroxylation is 1. The van der Waals surface area contributed by atoms with Gasteiger partial charge in [-0.15, -0.1) is 11.3 Å². The molecule has 28 heavy (non-hydrogen) atoms. The normalized spacial score (nSPS) is 12.0. The molecule has 1 heterocycles. The average molecular weight is 418 g/mol. The highest BCUT2D eigenvalue weighted by atomic mass is 32.2. The number of sulfonamides is 1. The molecule has 0 atom stereocenters. The Morgan fingerprint density at radius 1 is 1.14 bits per heavy atom. The number of benzene rings is 2. The van der Waals surface area contributed by atoms with Crippen molar-refractivity contribution in [2.24, 2.45) is 0 Å². The van der Waals surface area contributed by atoms with E-state index in [1.165, 1.54) is 16.4 Å². The monoisotopic (exact) mass is 417 g/mol. The minimum atomic E-state index is -3.53. The molecule has 0 radical (unpaired) electrons. The van der Waals surface area contributed by atoms with Gasteiger partial charge in [0.2, 0.25) is 15.9 Å². The minimum Gasteiger partial charge on any atom is -0.326 e. The Hall–Kier alpha value is -2.29. The Kier molecular flexibility index (Phi) is 6.12. The van der Waals surface area contributed by atoms with Crippen LogP contribution in [-0.4, -0.2) is 36.7 Å². The van der Waals surface area contributed by atoms with Crippen LogP contribution < -0.4 is 5.32 Å². The molecular weight excluding hydrogens is 394 g/mol. The summed E-state index contributed by atoms with van der Waals surface area (Å²) in [6.07, 6.45) is 0.882. The molecule has 0 aliphatic heterocycles. The van der Waals surface area contributed by atoms with Crippen LogP contribution in [-0.2, 0) is 21.2 Å². The number of anilines is 1. The molecule has 0 aliphatic rings. The number of hydrogen-bond donors (Lipinski definition) is 1. The van der Waals surface area contributed by atoms with Gasteiger partial charge in [-0.3, -0.25) is 4.79 Å². The first-order valence-corrected chi connectivity index (χ1v) is 11.3. The Morgan fingerprint density at radius 3 is 2.46 bits per heavy atom. The third-order valence-corrected chi connectivity index (χ3v) is 7.59. The van der Waals surface area contributed by atoms with Crippen LogP contribution in [0.15, 0.2) is 53.4 Å². The summed E-state index contributed by atoms with van der Waals surface area (Å²) in [5.41, 5.74) is 1.52. The lowest BCUT2D eigenvalue weighted by atomic mass is 10.2. The number of hydrogen-bond acceptors (Lipinski definition) is 5. The summed E-state index contributed by atoms with van der Waals surface area (Å²) in [6, 6.07) is 14.0. The van der Waals surface area contributed by atoms with Crippen molar-refractivity contribution < 1.29 is 13.2 Å². The van der Waals surface area contributed by atoms with Crippen molar-refractivity contribution >= 4 is 43.2 Å². The van der Waals surface area contributed by atoms with Gasteiger partial charge in [-0.2, -0.15) is 4.31 Å². The molecule has 8 heteroatoms. The van der Waals surface area contributed by atoms with E-state index in [0.717, 1.165) is 15.2 Å². The Balaban J connectivity index is 1.60. The van der Waals surface area contributed by atoms with Crippen molar-refractivity contribution in [3.05, 3.63) is 53.5 Å². The van der Waals surface area contributed by atoms with Gasteiger partial charge >= 0.3 is 0 Å². The first kappa shape index (κ1) is 20.4. The van der Waals surface area contributed by atoms with Crippen molar-refractivity contribution in [3.8, 4) is 0 Å². The Labute approximate surface area is 169 Å². The van der Waals surface area contributed by atoms with Crippen molar-refractivity contribution in [1.29, 1.82) is 0 Å². The number of carbonyl (C=O) groups excluding carboxylic acids is 1. The summed E-state index contributed by atoms with van der Waals surface area (Å²) in [5.74, 6) is -0.130. The van der Waals surface area contributed by atoms with Gasteiger partial charge in [-0.1, -0.05) is 12.1 Å². The molecule has 0 fully saturated rings. The van der Waals surface area contributed by atoms with Gasteiger partial charge in [-0.05, 0) is 50.2 Å². The van der Waals surface area contributed by atoms with E-state index in [1.807, 2.05) is 38.1 Å². The molecule has 0 spiro atoms. The van der Waals surface area contributed by atoms with Crippen LogP contribution in [0.4, 0.5) is 5.69 Å². The predicted octanol–water partition coefficient (Wildman–Crippen LogP) is 3.90. The number of aromatic nitrogens is 1. The Morgan fingerprint density at radius 2 is 1.82 bits per heavy atom. The zero-order valence-corrected chi connectivity index (χ0v) is 17.7. The van der Waals surface area contributed by atoms with Gasteiger partial charge in [0.15, 0.2) is 0 Å². The van der Waals surface area contributed by atoms with E-state index in [1.54, 1.807) is 30.5 Å². The molecule has 0 bridgehead atoms. The molecule has 148 valence electrons. The summed E-state index contributed by atoms with van der Waals surface area (Å²) in [4.78, 5) is 17.0. The van der Waals surface area contributed by atoms with E-state index in [0.29, 0.717) is 18.5 Å². The van der Waals surface area contributed by atoms with E-state index in [2.05, 4.69) is 10.3 Å². The van der Waals surface area contributed by atoms with Gasteiger partial charge in [-0.25, -0.2) is 13.4 Å². The molecule has 2 aromatic carbocycles. The quantitative estimate of drug-likeness (QED) is 0.632. The third kappa shape index (κ3) is 4.57. The standard InChI is InChI=1S/C20H23N3O3S2/c1-14(2)23(3)28(25,26)16-10-8-15(9-11-16)21-19(24)12-13-20-22-17-6-4-5-7-18(17)27-20/h4-11,14H,12-13H2,1-3H3,(H,21,24). The zero-order chi connectivity index (χ0) is 20.3. The van der Waals surface area contributed by atoms with Crippen LogP contribution in [0.3, 0.4) is 0 Å². The Bertz CT molecular complexity index is 1040. The first-order chi connectivity index (χ1) is 13.3. The topological polar surface area (TPSA) is 79.4 Å². The van der Waals surface area contributed by atoms with Crippen LogP contribution >= 0.6 is 11.3 Å². The van der Waals surface area contributed by atoms with Crippen LogP contribution in [0.1, 0.15) is 25.3 Å². The number of para-hydroxylation sites is 1. The molecule has 3 rings (SSSR count). The smallest absolute Gasteiger partial charge is 0.243 e. The molecule has 1 aromatic heterocycles. The summed E-state index contributed by atoms with van der Waals surface area (Å²) >= 11 is 1.59. The van der Waals surface area contributed by atoms with E-state index >= 15 is 0 Å². The molecule has 0 saturated heterocycles. The van der Waals surface area contributed by atoms with Crippen molar-refractivity contribution in [2.45, 2.75) is 37.6 Å². The van der Waals surface area contributed by atoms with Gasteiger partial charge < -0.3 is 5.32 Å². The fourth-order valence-electron chi connectivity index (χ4n) is 2.62. The molecule has 0 saturated carbocycles. The van der Waals surface area contributed by atoms with Crippen molar-refractivity contribution in [1.82, 2.24) is 9.29 Å². The summed E-state index contributed by atoms with van der Waals surface area (Å²) in [7, 11) is -1.98. The van der Waals surface area contributed by atoms with Gasteiger partial charge in [0.1, 0.15) is 0 Å². The van der Waals surface area contributed by atoms with Crippen LogP contribution in [0, 0.1) is 0 Å². The van der Waals surface area contributed by atoms with Crippen LogP contribution in [0.25, 0.3) is 10.2 Å². The maximum Gasteiger partial charge on any atom is 0.243 e. The summed E-state index contributed by atoms with van der Waals surface area (Å²) in [6.45, 7) is 3.63. The van der Waals surface area contributed by atoms with Crippen molar-refractivity contribution in [2.75, 3.05) is 12.4 Å². The first-order valence-electron chi connectivity index (χ1n) is 9.00. The van der Waals surface area contributed by atoms with Crippen molar-refractivity contribution in [3.63, 3.8) is 0 Å². The van der Waals surface area contributed by atoms with E-state index in [4.69, 9.17) is 0 Å². The second kappa shape index (κ2) is 8.38. The molecular formula is C20H23N3O3S2. The number of carbonyl (C=O) groups is 1. The molecule has 3 aromatic rings. The molecule has 1 amide bonds. The molecule has 0 unspecified atom stereocenters. The van der Waals surface area contributed by atoms with E-state index < -0.39 is 10.0 Å². The van der Waals surface area contributed by atoms with E-state index in [-0.39, 0.29) is 16.8 Å². The highest BCUT2D eigenvalue weighted by Gasteiger charge is 2.22. The fourth-order valence-corrected chi connectivity index (χ4v) is 4.96. The van der Waals surface area contributed by atoms with E-state index in [9.17, 15) is 13.2 Å². The second-order valence-electron chi connectivity index (χ2n) is 6.76. The summed E-state index contributed by atoms with van der Waals surface area (Å²) < 4.78 is 27.4. The molecule has 0 aliphatic carbocycles. The highest BCUT2D eigenvalue weighted by Crippen LogP contribution is 2.23. The molecule has 1 N–H and O–H groups in total. The highest BCUT2D eigenvalue weighted by molar-refractivity contribution is 7.89. The number of fused-ring (bicyclic) bond motifs is 1. The fraction of sp³-hybridized carbons (Fsp3) is 0.300. The van der Waals surface area contributed by atoms with Crippen LogP contribution in [0.5, 0.6) is 0 Å². The zero-order valence-electron chi connectivity index (χ0n) is 16.0. The third-order valence-electron chi connectivity index (χ3n) is 4.45. The number of nitrogens with zero attached hydrogens (tertiary/aromatic N) is 2. The lowest BCUT2D eigenvalue weighted by molar-refractivity contribution is -0.116. The maximum absolute atomic E-state index is 12.5. The lowest BCUT2D eigenvalue weighted by Gasteiger charge is -2.21. The van der Waals surface area contributed by atoms with Gasteiger partial charge in [0, 0.05) is 31.6 Å². The number of thiazole rings is 1. The largest absolute Gasteiger partial charge is 0.326 e. The number of amides is 1. The SMILES string of the molecule is CC(C)N(C)S(=O)(=O)c1ccc(NC(=O)CCc2nc3ccccc3s2)cc1.